The highest BCUT2D eigenvalue weighted by Crippen LogP contribution is 2.75. The SMILES string of the molecule is CCC(=O)O[C@]1(C(=O)SSSC(=O)[C@@]2(OC(=O)CC)[C@H](C)C[C@H]3[C@@H]4C[C@H](F)C5=CC(=O)C=C[C@]5(C)[C@@]4(F)[C@@H](O)C[C@@]32C)[C@H](C)C[C@H]2[C@@H]3C[C@H](F)C4=CC(=O)C=C[C@]4(C)[C@@]3(F)[C@@H](O)C[C@@]21C. The van der Waals surface area contributed by atoms with Crippen LogP contribution >= 0.6 is 31.4 Å². The summed E-state index contributed by atoms with van der Waals surface area (Å²) >= 11 is 0. The lowest BCUT2D eigenvalue weighted by atomic mass is 9.44. The van der Waals surface area contributed by atoms with E-state index in [1.165, 1.54) is 38.2 Å². The lowest BCUT2D eigenvalue weighted by Gasteiger charge is -2.63. The molecule has 8 aliphatic carbocycles. The third kappa shape index (κ3) is 6.14. The van der Waals surface area contributed by atoms with Crippen molar-refractivity contribution in [1.29, 1.82) is 0 Å². The molecule has 0 radical (unpaired) electrons. The highest BCUT2D eigenvalue weighted by Gasteiger charge is 2.80. The van der Waals surface area contributed by atoms with E-state index in [1.54, 1.807) is 41.5 Å². The van der Waals surface area contributed by atoms with Crippen LogP contribution < -0.4 is 0 Å². The van der Waals surface area contributed by atoms with Crippen molar-refractivity contribution in [1.82, 2.24) is 0 Å². The number of esters is 2. The Balaban J connectivity index is 1.10. The van der Waals surface area contributed by atoms with Crippen molar-refractivity contribution in [2.45, 2.75) is 154 Å². The number of alkyl halides is 4. The number of halogens is 4. The van der Waals surface area contributed by atoms with Crippen LogP contribution in [0.2, 0.25) is 0 Å². The molecule has 0 unspecified atom stereocenters. The van der Waals surface area contributed by atoms with Gasteiger partial charge in [0.25, 0.3) is 0 Å². The van der Waals surface area contributed by atoms with Crippen LogP contribution in [-0.2, 0) is 38.2 Å². The second-order valence-corrected chi connectivity index (χ2v) is 24.8. The molecule has 0 aliphatic heterocycles. The average molecular weight is 967 g/mol. The van der Waals surface area contributed by atoms with E-state index in [0.717, 1.165) is 22.0 Å². The number of fused-ring (bicyclic) bond motifs is 10. The molecule has 0 aromatic carbocycles. The minimum absolute atomic E-state index is 0.0539. The number of aliphatic hydroxyl groups excluding tert-OH is 2. The minimum Gasteiger partial charge on any atom is -0.449 e. The summed E-state index contributed by atoms with van der Waals surface area (Å²) in [5.41, 5.74) is -15.2. The fourth-order valence-electron chi connectivity index (χ4n) is 15.1. The molecule has 10 nitrogen and oxygen atoms in total. The topological polar surface area (TPSA) is 161 Å². The number of carbonyl (C=O) groups excluding carboxylic acids is 6. The number of rotatable bonds is 8. The van der Waals surface area contributed by atoms with Gasteiger partial charge in [-0.15, -0.1) is 0 Å². The van der Waals surface area contributed by atoms with E-state index < -0.39 is 138 Å². The third-order valence-corrected chi connectivity index (χ3v) is 21.9. The zero-order chi connectivity index (χ0) is 47.8. The van der Waals surface area contributed by atoms with E-state index in [4.69, 9.17) is 9.47 Å². The van der Waals surface area contributed by atoms with E-state index >= 15 is 27.2 Å². The van der Waals surface area contributed by atoms with Gasteiger partial charge >= 0.3 is 11.9 Å². The van der Waals surface area contributed by atoms with Crippen molar-refractivity contribution < 1.29 is 66.0 Å². The molecule has 0 spiro atoms. The summed E-state index contributed by atoms with van der Waals surface area (Å²) in [6, 6.07) is 0. The Labute approximate surface area is 388 Å². The largest absolute Gasteiger partial charge is 0.449 e. The molecule has 17 heteroatoms. The van der Waals surface area contributed by atoms with Crippen LogP contribution in [-0.4, -0.2) is 91.0 Å². The third-order valence-electron chi connectivity index (χ3n) is 18.3. The quantitative estimate of drug-likeness (QED) is 0.135. The summed E-state index contributed by atoms with van der Waals surface area (Å²) in [5.74, 6) is -7.86. The minimum atomic E-state index is -2.45. The van der Waals surface area contributed by atoms with Gasteiger partial charge in [0.15, 0.2) is 34.1 Å². The Kier molecular flexibility index (Phi) is 11.9. The number of hydrogen-bond donors (Lipinski definition) is 2. The van der Waals surface area contributed by atoms with Crippen molar-refractivity contribution >= 4 is 65.1 Å². The summed E-state index contributed by atoms with van der Waals surface area (Å²) in [6.07, 6.45) is -1.32. The molecule has 0 amide bonds. The Bertz CT molecular complexity index is 2100. The molecule has 65 heavy (non-hydrogen) atoms. The highest BCUT2D eigenvalue weighted by atomic mass is 33.5. The number of ketones is 2. The molecule has 0 aromatic rings. The van der Waals surface area contributed by atoms with Gasteiger partial charge in [-0.1, -0.05) is 53.7 Å². The zero-order valence-electron chi connectivity index (χ0n) is 37.8. The fourth-order valence-corrected chi connectivity index (χ4v) is 19.1. The van der Waals surface area contributed by atoms with Crippen LogP contribution in [0.5, 0.6) is 0 Å². The molecule has 356 valence electrons. The van der Waals surface area contributed by atoms with Crippen molar-refractivity contribution in [2.24, 2.45) is 57.2 Å². The maximum absolute atomic E-state index is 18.0. The van der Waals surface area contributed by atoms with Crippen LogP contribution in [0, 0.1) is 57.2 Å². The van der Waals surface area contributed by atoms with E-state index in [0.29, 0.717) is 21.6 Å². The number of allylic oxidation sites excluding steroid dienone is 8. The number of hydrogen-bond acceptors (Lipinski definition) is 13. The van der Waals surface area contributed by atoms with Crippen LogP contribution in [0.25, 0.3) is 0 Å². The number of carbonyl (C=O) groups is 6. The molecule has 8 aliphatic rings. The maximum Gasteiger partial charge on any atom is 0.306 e. The molecule has 0 aromatic heterocycles. The Hall–Kier alpha value is -2.73. The van der Waals surface area contributed by atoms with Gasteiger partial charge in [-0.2, -0.15) is 0 Å². The maximum atomic E-state index is 18.0. The van der Waals surface area contributed by atoms with E-state index in [-0.39, 0.29) is 62.5 Å². The molecule has 2 N–H and O–H groups in total. The zero-order valence-corrected chi connectivity index (χ0v) is 40.2. The molecule has 0 heterocycles. The Morgan fingerprint density at radius 3 is 1.34 bits per heavy atom. The van der Waals surface area contributed by atoms with Gasteiger partial charge in [0.05, 0.1) is 12.2 Å². The molecular weight excluding hydrogens is 909 g/mol. The second kappa shape index (κ2) is 15.9. The number of aliphatic hydroxyl groups is 2. The summed E-state index contributed by atoms with van der Waals surface area (Å²) in [5, 5.41) is 22.6. The first-order valence-electron chi connectivity index (χ1n) is 22.7. The Morgan fingerprint density at radius 1 is 0.646 bits per heavy atom. The number of ether oxygens (including phenoxy) is 2. The smallest absolute Gasteiger partial charge is 0.306 e. The van der Waals surface area contributed by atoms with Crippen molar-refractivity contribution in [2.75, 3.05) is 0 Å². The van der Waals surface area contributed by atoms with Gasteiger partial charge in [0, 0.05) is 58.2 Å². The van der Waals surface area contributed by atoms with E-state index in [2.05, 4.69) is 0 Å². The summed E-state index contributed by atoms with van der Waals surface area (Å²) < 4.78 is 80.8. The average Bonchev–Trinajstić information content (AvgIpc) is 3.60. The van der Waals surface area contributed by atoms with Crippen LogP contribution in [0.15, 0.2) is 47.6 Å². The molecule has 6 saturated carbocycles. The Morgan fingerprint density at radius 2 is 1.00 bits per heavy atom. The second-order valence-electron chi connectivity index (χ2n) is 20.9. The van der Waals surface area contributed by atoms with Crippen molar-refractivity contribution in [3.63, 3.8) is 0 Å². The van der Waals surface area contributed by atoms with Gasteiger partial charge in [-0.3, -0.25) is 28.8 Å². The van der Waals surface area contributed by atoms with Crippen LogP contribution in [0.3, 0.4) is 0 Å². The van der Waals surface area contributed by atoms with Gasteiger partial charge < -0.3 is 19.7 Å². The van der Waals surface area contributed by atoms with Gasteiger partial charge in [0.2, 0.25) is 10.2 Å². The monoisotopic (exact) mass is 966 g/mol. The lowest BCUT2D eigenvalue weighted by Crippen LogP contribution is -2.70. The van der Waals surface area contributed by atoms with Crippen LogP contribution in [0.4, 0.5) is 17.6 Å². The predicted octanol–water partition coefficient (Wildman–Crippen LogP) is 8.58. The fraction of sp³-hybridized carbons (Fsp3) is 0.708. The first-order chi connectivity index (χ1) is 30.2. The molecule has 8 rings (SSSR count). The molecule has 0 bridgehead atoms. The molecule has 6 fully saturated rings. The normalized spacial score (nSPS) is 49.3. The van der Waals surface area contributed by atoms with Crippen molar-refractivity contribution in [3.05, 3.63) is 47.6 Å². The summed E-state index contributed by atoms with van der Waals surface area (Å²) in [6.45, 7) is 12.7. The molecule has 0 saturated heterocycles. The first-order valence-corrected chi connectivity index (χ1v) is 26.2. The summed E-state index contributed by atoms with van der Waals surface area (Å²) in [7, 11) is 1.92. The van der Waals surface area contributed by atoms with Gasteiger partial charge in [0.1, 0.15) is 12.3 Å². The first kappa shape index (κ1) is 48.7. The van der Waals surface area contributed by atoms with Crippen LogP contribution in [0.1, 0.15) is 107 Å². The molecule has 18 atom stereocenters. The molecular formula is C48H58F4O10S3. The van der Waals surface area contributed by atoms with E-state index in [9.17, 15) is 29.4 Å². The predicted molar refractivity (Wildman–Crippen MR) is 237 cm³/mol. The standard InChI is InChI=1S/C48H58F4O10S3/c1-9-37(57)61-47(23(3)15-27-29-19-33(49)31-17-25(53)11-13-41(31,5)45(29,51)35(55)21-43(27,47)7)39(59)63-65-64-40(60)48(62-38(58)10-2)24(4)16-28-30-20-34(50)32-18-26(54)12-14-42(32,6)46(30,52)36(56)22-44(28,48)8/h11-14,17-18,23-24,27-30,33-36,55-56H,9-10,15-16,19-22H2,1-8H3/t23-,24-,27+,28+,29+,30+,33+,34+,35+,36+,41+,42+,43+,44+,45+,46+,47+,48+/m1/s1. The van der Waals surface area contributed by atoms with E-state index in [1.807, 2.05) is 0 Å². The van der Waals surface area contributed by atoms with Gasteiger partial charge in [-0.25, -0.2) is 17.6 Å². The lowest BCUT2D eigenvalue weighted by molar-refractivity contribution is -0.228. The highest BCUT2D eigenvalue weighted by molar-refractivity contribution is 9.14. The summed E-state index contributed by atoms with van der Waals surface area (Å²) in [4.78, 5) is 81.5. The van der Waals surface area contributed by atoms with Crippen molar-refractivity contribution in [3.8, 4) is 0 Å². The van der Waals surface area contributed by atoms with Gasteiger partial charge in [-0.05, 0) is 131 Å².